The molecule has 7 heteroatoms. The number of benzene rings is 1. The van der Waals surface area contributed by atoms with Crippen LogP contribution in [0.4, 0.5) is 0 Å². The number of aromatic nitrogens is 3. The van der Waals surface area contributed by atoms with E-state index in [1.807, 2.05) is 30.5 Å². The predicted octanol–water partition coefficient (Wildman–Crippen LogP) is 2.74. The zero-order chi connectivity index (χ0) is 18.6. The second kappa shape index (κ2) is 7.69. The number of rotatable bonds is 5. The van der Waals surface area contributed by atoms with E-state index in [0.29, 0.717) is 25.3 Å². The average molecular weight is 364 g/mol. The lowest BCUT2D eigenvalue weighted by atomic mass is 10.1. The van der Waals surface area contributed by atoms with E-state index in [-0.39, 0.29) is 6.04 Å². The Bertz CT molecular complexity index is 908. The first-order valence-electron chi connectivity index (χ1n) is 8.80. The van der Waals surface area contributed by atoms with Crippen molar-refractivity contribution in [3.05, 3.63) is 71.9 Å². The molecule has 4 rings (SSSR count). The maximum atomic E-state index is 11.0. The Kier molecular flexibility index (Phi) is 4.95. The van der Waals surface area contributed by atoms with Gasteiger partial charge in [-0.05, 0) is 29.8 Å². The van der Waals surface area contributed by atoms with Crippen molar-refractivity contribution in [1.82, 2.24) is 19.9 Å². The van der Waals surface area contributed by atoms with Gasteiger partial charge in [0, 0.05) is 31.0 Å². The molecule has 1 aliphatic rings. The number of aromatic amines is 1. The second-order valence-corrected chi connectivity index (χ2v) is 6.49. The molecule has 7 nitrogen and oxygen atoms in total. The Morgan fingerprint density at radius 1 is 1.26 bits per heavy atom. The Balaban J connectivity index is 1.52. The number of imidazole rings is 1. The molecule has 0 aliphatic carbocycles. The van der Waals surface area contributed by atoms with E-state index < -0.39 is 5.97 Å². The van der Waals surface area contributed by atoms with Crippen LogP contribution in [0.3, 0.4) is 0 Å². The number of aromatic carboxylic acids is 1. The number of carboxylic acid groups (broad SMARTS) is 1. The first-order valence-corrected chi connectivity index (χ1v) is 8.80. The van der Waals surface area contributed by atoms with Crippen molar-refractivity contribution in [3.63, 3.8) is 0 Å². The number of pyridine rings is 1. The summed E-state index contributed by atoms with van der Waals surface area (Å²) in [7, 11) is 0. The lowest BCUT2D eigenvalue weighted by Crippen LogP contribution is -2.39. The van der Waals surface area contributed by atoms with E-state index >= 15 is 0 Å². The molecule has 0 bridgehead atoms. The summed E-state index contributed by atoms with van der Waals surface area (Å²) < 4.78 is 5.68. The van der Waals surface area contributed by atoms with Gasteiger partial charge in [-0.25, -0.2) is 9.78 Å². The lowest BCUT2D eigenvalue weighted by Gasteiger charge is -2.34. The number of morpholine rings is 1. The fourth-order valence-corrected chi connectivity index (χ4v) is 3.24. The number of H-pyrrole nitrogens is 1. The van der Waals surface area contributed by atoms with Crippen molar-refractivity contribution in [2.75, 3.05) is 19.8 Å². The Morgan fingerprint density at radius 3 is 2.85 bits per heavy atom. The third-order valence-electron chi connectivity index (χ3n) is 4.71. The SMILES string of the molecule is O=C(O)c1ccc(CN2CCOC[C@H]2c2ncc(-c3cccnc3)[nH]2)cc1. The summed E-state index contributed by atoms with van der Waals surface area (Å²) in [4.78, 5) is 25.4. The summed E-state index contributed by atoms with van der Waals surface area (Å²) in [5.74, 6) is -0.0555. The minimum atomic E-state index is -0.913. The molecule has 2 N–H and O–H groups in total. The van der Waals surface area contributed by atoms with Crippen LogP contribution in [0.2, 0.25) is 0 Å². The summed E-state index contributed by atoms with van der Waals surface area (Å²) in [5, 5.41) is 9.04. The largest absolute Gasteiger partial charge is 0.478 e. The molecule has 1 aromatic carbocycles. The summed E-state index contributed by atoms with van der Waals surface area (Å²) in [6.45, 7) is 2.72. The first kappa shape index (κ1) is 17.4. The number of carboxylic acids is 1. The van der Waals surface area contributed by atoms with Gasteiger partial charge in [0.1, 0.15) is 5.82 Å². The minimum Gasteiger partial charge on any atom is -0.478 e. The highest BCUT2D eigenvalue weighted by molar-refractivity contribution is 5.87. The standard InChI is InChI=1S/C20H20N4O3/c25-20(26)15-5-3-14(4-6-15)12-24-8-9-27-13-18(24)19-22-11-17(23-19)16-2-1-7-21-10-16/h1-7,10-11,18H,8-9,12-13H2,(H,22,23)(H,25,26)/t18-/m0/s1. The van der Waals surface area contributed by atoms with Gasteiger partial charge in [0.2, 0.25) is 0 Å². The third-order valence-corrected chi connectivity index (χ3v) is 4.71. The van der Waals surface area contributed by atoms with Crippen LogP contribution < -0.4 is 0 Å². The molecule has 0 saturated carbocycles. The highest BCUT2D eigenvalue weighted by Gasteiger charge is 2.27. The molecule has 0 spiro atoms. The van der Waals surface area contributed by atoms with Crippen LogP contribution in [0.15, 0.2) is 55.0 Å². The normalized spacial score (nSPS) is 17.7. The van der Waals surface area contributed by atoms with Gasteiger partial charge < -0.3 is 14.8 Å². The van der Waals surface area contributed by atoms with Crippen LogP contribution in [-0.4, -0.2) is 50.7 Å². The molecule has 0 radical (unpaired) electrons. The average Bonchev–Trinajstić information content (AvgIpc) is 3.19. The van der Waals surface area contributed by atoms with E-state index in [9.17, 15) is 4.79 Å². The molecule has 1 saturated heterocycles. The highest BCUT2D eigenvalue weighted by Crippen LogP contribution is 2.26. The number of hydrogen-bond acceptors (Lipinski definition) is 5. The van der Waals surface area contributed by atoms with Gasteiger partial charge in [0.25, 0.3) is 0 Å². The fourth-order valence-electron chi connectivity index (χ4n) is 3.24. The maximum Gasteiger partial charge on any atom is 0.335 e. The number of ether oxygens (including phenoxy) is 1. The molecule has 0 amide bonds. The van der Waals surface area contributed by atoms with Crippen molar-refractivity contribution in [3.8, 4) is 11.3 Å². The van der Waals surface area contributed by atoms with Crippen molar-refractivity contribution in [2.24, 2.45) is 0 Å². The lowest BCUT2D eigenvalue weighted by molar-refractivity contribution is -0.0156. The zero-order valence-electron chi connectivity index (χ0n) is 14.7. The molecule has 0 unspecified atom stereocenters. The van der Waals surface area contributed by atoms with Crippen molar-refractivity contribution < 1.29 is 14.6 Å². The summed E-state index contributed by atoms with van der Waals surface area (Å²) >= 11 is 0. The molecule has 27 heavy (non-hydrogen) atoms. The molecular formula is C20H20N4O3. The number of nitrogens with zero attached hydrogens (tertiary/aromatic N) is 3. The maximum absolute atomic E-state index is 11.0. The van der Waals surface area contributed by atoms with Gasteiger partial charge in [-0.2, -0.15) is 0 Å². The first-order chi connectivity index (χ1) is 13.2. The molecular weight excluding hydrogens is 344 g/mol. The van der Waals surface area contributed by atoms with E-state index in [0.717, 1.165) is 29.2 Å². The Hall–Kier alpha value is -3.03. The monoisotopic (exact) mass is 364 g/mol. The van der Waals surface area contributed by atoms with Gasteiger partial charge in [-0.1, -0.05) is 12.1 Å². The van der Waals surface area contributed by atoms with Crippen LogP contribution in [-0.2, 0) is 11.3 Å². The molecule has 1 aliphatic heterocycles. The summed E-state index contributed by atoms with van der Waals surface area (Å²) in [6.07, 6.45) is 5.37. The van der Waals surface area contributed by atoms with Gasteiger partial charge in [-0.3, -0.25) is 9.88 Å². The van der Waals surface area contributed by atoms with Gasteiger partial charge in [0.15, 0.2) is 0 Å². The van der Waals surface area contributed by atoms with Crippen LogP contribution in [0.1, 0.15) is 27.8 Å². The van der Waals surface area contributed by atoms with E-state index in [4.69, 9.17) is 9.84 Å². The van der Waals surface area contributed by atoms with Crippen molar-refractivity contribution in [1.29, 1.82) is 0 Å². The number of hydrogen-bond donors (Lipinski definition) is 2. The van der Waals surface area contributed by atoms with Gasteiger partial charge >= 0.3 is 5.97 Å². The topological polar surface area (TPSA) is 91.3 Å². The summed E-state index contributed by atoms with van der Waals surface area (Å²) in [6, 6.07) is 10.9. The molecule has 1 atom stereocenters. The van der Waals surface area contributed by atoms with Gasteiger partial charge in [0.05, 0.1) is 36.7 Å². The minimum absolute atomic E-state index is 0.0170. The fraction of sp³-hybridized carbons (Fsp3) is 0.250. The zero-order valence-corrected chi connectivity index (χ0v) is 14.7. The molecule has 2 aromatic heterocycles. The number of carbonyl (C=O) groups is 1. The molecule has 138 valence electrons. The Morgan fingerprint density at radius 2 is 2.11 bits per heavy atom. The van der Waals surface area contributed by atoms with Crippen molar-refractivity contribution >= 4 is 5.97 Å². The van der Waals surface area contributed by atoms with Crippen LogP contribution in [0.25, 0.3) is 11.3 Å². The van der Waals surface area contributed by atoms with Crippen LogP contribution >= 0.6 is 0 Å². The second-order valence-electron chi connectivity index (χ2n) is 6.49. The third kappa shape index (κ3) is 3.89. The van der Waals surface area contributed by atoms with Gasteiger partial charge in [-0.15, -0.1) is 0 Å². The van der Waals surface area contributed by atoms with E-state index in [1.54, 1.807) is 24.5 Å². The molecule has 1 fully saturated rings. The van der Waals surface area contributed by atoms with Crippen LogP contribution in [0.5, 0.6) is 0 Å². The molecule has 3 aromatic rings. The predicted molar refractivity (Wildman–Crippen MR) is 99.2 cm³/mol. The Labute approximate surface area is 156 Å². The quantitative estimate of drug-likeness (QED) is 0.723. The van der Waals surface area contributed by atoms with Crippen LogP contribution in [0, 0.1) is 0 Å². The highest BCUT2D eigenvalue weighted by atomic mass is 16.5. The number of nitrogens with one attached hydrogen (secondary N) is 1. The van der Waals surface area contributed by atoms with Crippen molar-refractivity contribution in [2.45, 2.75) is 12.6 Å². The van der Waals surface area contributed by atoms with E-state index in [2.05, 4.69) is 19.9 Å². The summed E-state index contributed by atoms with van der Waals surface area (Å²) in [5.41, 5.74) is 3.27. The van der Waals surface area contributed by atoms with E-state index in [1.165, 1.54) is 0 Å². The smallest absolute Gasteiger partial charge is 0.335 e. The molecule has 3 heterocycles.